The molecule has 3 N–H and O–H groups in total. The van der Waals surface area contributed by atoms with Gasteiger partial charge in [0.2, 0.25) is 0 Å². The van der Waals surface area contributed by atoms with Gasteiger partial charge < -0.3 is 10.3 Å². The maximum atomic E-state index is 13.3. The first kappa shape index (κ1) is 13.2. The molecule has 0 saturated carbocycles. The summed E-state index contributed by atoms with van der Waals surface area (Å²) >= 11 is 0. The van der Waals surface area contributed by atoms with Gasteiger partial charge in [0.1, 0.15) is 23.3 Å². The lowest BCUT2D eigenvalue weighted by molar-refractivity contribution is 0.627. The molecule has 0 radical (unpaired) electrons. The first-order valence-corrected chi connectivity index (χ1v) is 5.99. The summed E-state index contributed by atoms with van der Waals surface area (Å²) in [5, 5.41) is 0. The van der Waals surface area contributed by atoms with Crippen LogP contribution in [-0.2, 0) is 0 Å². The molecule has 100 valence electrons. The van der Waals surface area contributed by atoms with Crippen LogP contribution in [-0.4, -0.2) is 16.5 Å². The Bertz CT molecular complexity index is 573. The van der Waals surface area contributed by atoms with E-state index in [1.807, 2.05) is 17.9 Å². The highest BCUT2D eigenvalue weighted by molar-refractivity contribution is 5.62. The van der Waals surface area contributed by atoms with Gasteiger partial charge in [0.25, 0.3) is 0 Å². The number of hydrazine groups is 1. The first-order valence-electron chi connectivity index (χ1n) is 5.99. The van der Waals surface area contributed by atoms with Gasteiger partial charge in [0.05, 0.1) is 0 Å². The molecule has 0 fully saturated rings. The number of nitrogens with two attached hydrogens (primary N) is 1. The Morgan fingerprint density at radius 2 is 2.11 bits per heavy atom. The van der Waals surface area contributed by atoms with Crippen LogP contribution in [0.25, 0.3) is 0 Å². The largest absolute Gasteiger partial charge is 0.326 e. The van der Waals surface area contributed by atoms with Gasteiger partial charge in [0.15, 0.2) is 0 Å². The van der Waals surface area contributed by atoms with Crippen LogP contribution in [0.15, 0.2) is 30.3 Å². The van der Waals surface area contributed by atoms with Crippen molar-refractivity contribution in [2.75, 3.05) is 16.9 Å². The van der Waals surface area contributed by atoms with Gasteiger partial charge in [-0.05, 0) is 32.0 Å². The highest BCUT2D eigenvalue weighted by Gasteiger charge is 2.11. The topological polar surface area (TPSA) is 67.1 Å². The number of halogens is 1. The van der Waals surface area contributed by atoms with Crippen molar-refractivity contribution in [3.63, 3.8) is 0 Å². The van der Waals surface area contributed by atoms with Gasteiger partial charge in [-0.25, -0.2) is 20.2 Å². The van der Waals surface area contributed by atoms with E-state index >= 15 is 0 Å². The highest BCUT2D eigenvalue weighted by atomic mass is 19.1. The van der Waals surface area contributed by atoms with Crippen LogP contribution in [0, 0.1) is 12.7 Å². The Morgan fingerprint density at radius 1 is 1.32 bits per heavy atom. The van der Waals surface area contributed by atoms with Crippen molar-refractivity contribution in [3.05, 3.63) is 42.0 Å². The lowest BCUT2D eigenvalue weighted by Gasteiger charge is -2.22. The van der Waals surface area contributed by atoms with E-state index in [9.17, 15) is 4.39 Å². The first-order chi connectivity index (χ1) is 9.13. The van der Waals surface area contributed by atoms with Crippen LogP contribution in [0.4, 0.5) is 21.7 Å². The lowest BCUT2D eigenvalue weighted by Crippen LogP contribution is -2.19. The zero-order valence-corrected chi connectivity index (χ0v) is 10.9. The van der Waals surface area contributed by atoms with Crippen LogP contribution in [0.1, 0.15) is 12.7 Å². The molecule has 2 aromatic rings. The smallest absolute Gasteiger partial charge is 0.145 e. The van der Waals surface area contributed by atoms with E-state index < -0.39 is 0 Å². The van der Waals surface area contributed by atoms with E-state index in [2.05, 4.69) is 15.4 Å². The van der Waals surface area contributed by atoms with Crippen LogP contribution < -0.4 is 16.2 Å². The number of aryl methyl sites for hydroxylation is 1. The number of rotatable bonds is 4. The number of hydrogen-bond acceptors (Lipinski definition) is 5. The number of nitrogens with zero attached hydrogens (tertiary/aromatic N) is 3. The molecule has 1 heterocycles. The molecule has 0 saturated heterocycles. The molecule has 6 heteroatoms. The quantitative estimate of drug-likeness (QED) is 0.653. The van der Waals surface area contributed by atoms with Crippen molar-refractivity contribution < 1.29 is 4.39 Å². The second-order valence-electron chi connectivity index (χ2n) is 4.03. The fraction of sp³-hybridized carbons (Fsp3) is 0.231. The summed E-state index contributed by atoms with van der Waals surface area (Å²) in [4.78, 5) is 10.4. The lowest BCUT2D eigenvalue weighted by atomic mass is 10.2. The van der Waals surface area contributed by atoms with Gasteiger partial charge in [0, 0.05) is 18.3 Å². The molecule has 0 aliphatic carbocycles. The van der Waals surface area contributed by atoms with Crippen molar-refractivity contribution in [2.45, 2.75) is 13.8 Å². The fourth-order valence-electron chi connectivity index (χ4n) is 1.89. The summed E-state index contributed by atoms with van der Waals surface area (Å²) in [6, 6.07) is 8.11. The summed E-state index contributed by atoms with van der Waals surface area (Å²) in [5.74, 6) is 6.89. The van der Waals surface area contributed by atoms with Crippen LogP contribution in [0.3, 0.4) is 0 Å². The van der Waals surface area contributed by atoms with Gasteiger partial charge in [-0.3, -0.25) is 0 Å². The Morgan fingerprint density at radius 3 is 2.74 bits per heavy atom. The summed E-state index contributed by atoms with van der Waals surface area (Å²) in [5.41, 5.74) is 3.24. The normalized spacial score (nSPS) is 10.3. The van der Waals surface area contributed by atoms with Gasteiger partial charge in [-0.2, -0.15) is 0 Å². The highest BCUT2D eigenvalue weighted by Crippen LogP contribution is 2.25. The number of hydrogen-bond donors (Lipinski definition) is 2. The van der Waals surface area contributed by atoms with Crippen LogP contribution in [0.2, 0.25) is 0 Å². The molecule has 1 aromatic heterocycles. The molecule has 0 spiro atoms. The SMILES string of the molecule is CCN(c1cccc(F)c1)c1cc(NN)nc(C)n1. The van der Waals surface area contributed by atoms with E-state index in [1.54, 1.807) is 19.1 Å². The van der Waals surface area contributed by atoms with E-state index in [4.69, 9.17) is 5.84 Å². The summed E-state index contributed by atoms with van der Waals surface area (Å²) < 4.78 is 13.3. The third-order valence-electron chi connectivity index (χ3n) is 2.68. The van der Waals surface area contributed by atoms with Gasteiger partial charge >= 0.3 is 0 Å². The summed E-state index contributed by atoms with van der Waals surface area (Å²) in [6.45, 7) is 4.41. The number of aromatic nitrogens is 2. The maximum absolute atomic E-state index is 13.3. The standard InChI is InChI=1S/C13H16FN5/c1-3-19(11-6-4-5-10(14)7-11)13-8-12(18-15)16-9(2)17-13/h4-8H,3,15H2,1-2H3,(H,16,17,18). The molecule has 5 nitrogen and oxygen atoms in total. The van der Waals surface area contributed by atoms with Crippen molar-refractivity contribution in [2.24, 2.45) is 5.84 Å². The molecule has 0 aliphatic heterocycles. The Hall–Kier alpha value is -2.21. The fourth-order valence-corrected chi connectivity index (χ4v) is 1.89. The summed E-state index contributed by atoms with van der Waals surface area (Å²) in [6.07, 6.45) is 0. The second-order valence-corrected chi connectivity index (χ2v) is 4.03. The molecule has 1 aromatic carbocycles. The third-order valence-corrected chi connectivity index (χ3v) is 2.68. The van der Waals surface area contributed by atoms with Crippen molar-refractivity contribution in [1.29, 1.82) is 0 Å². The van der Waals surface area contributed by atoms with E-state index in [0.29, 0.717) is 24.0 Å². The average molecular weight is 261 g/mol. The van der Waals surface area contributed by atoms with Crippen molar-refractivity contribution in [1.82, 2.24) is 9.97 Å². The zero-order valence-electron chi connectivity index (χ0n) is 10.9. The Balaban J connectivity index is 2.44. The van der Waals surface area contributed by atoms with Gasteiger partial charge in [-0.15, -0.1) is 0 Å². The minimum atomic E-state index is -0.279. The van der Waals surface area contributed by atoms with E-state index in [0.717, 1.165) is 5.69 Å². The van der Waals surface area contributed by atoms with E-state index in [1.165, 1.54) is 12.1 Å². The molecule has 0 amide bonds. The monoisotopic (exact) mass is 261 g/mol. The molecular weight excluding hydrogens is 245 g/mol. The Kier molecular flexibility index (Phi) is 3.91. The molecule has 0 atom stereocenters. The maximum Gasteiger partial charge on any atom is 0.145 e. The average Bonchev–Trinajstić information content (AvgIpc) is 2.39. The number of benzene rings is 1. The minimum Gasteiger partial charge on any atom is -0.326 e. The molecule has 0 aliphatic rings. The predicted molar refractivity (Wildman–Crippen MR) is 73.7 cm³/mol. The predicted octanol–water partition coefficient (Wildman–Crippen LogP) is 2.37. The molecule has 0 unspecified atom stereocenters. The number of anilines is 3. The molecular formula is C13H16FN5. The minimum absolute atomic E-state index is 0.279. The third kappa shape index (κ3) is 2.97. The molecule has 0 bridgehead atoms. The summed E-state index contributed by atoms with van der Waals surface area (Å²) in [7, 11) is 0. The van der Waals surface area contributed by atoms with Crippen LogP contribution in [0.5, 0.6) is 0 Å². The number of nitrogen functional groups attached to an aromatic ring is 1. The zero-order chi connectivity index (χ0) is 13.8. The Labute approximate surface area is 111 Å². The van der Waals surface area contributed by atoms with E-state index in [-0.39, 0.29) is 5.82 Å². The number of nitrogens with one attached hydrogen (secondary N) is 1. The molecule has 19 heavy (non-hydrogen) atoms. The van der Waals surface area contributed by atoms with Gasteiger partial charge in [-0.1, -0.05) is 6.07 Å². The van der Waals surface area contributed by atoms with Crippen molar-refractivity contribution in [3.8, 4) is 0 Å². The van der Waals surface area contributed by atoms with Crippen LogP contribution >= 0.6 is 0 Å². The molecule has 2 rings (SSSR count). The van der Waals surface area contributed by atoms with Crippen molar-refractivity contribution >= 4 is 17.3 Å². The second kappa shape index (κ2) is 5.62.